The van der Waals surface area contributed by atoms with Crippen LogP contribution in [0.1, 0.15) is 18.2 Å². The first-order chi connectivity index (χ1) is 12.7. The molecule has 3 aromatic rings. The largest absolute Gasteiger partial charge is 0.495 e. The molecule has 2 aromatic heterocycles. The van der Waals surface area contributed by atoms with Crippen LogP contribution in [0.5, 0.6) is 5.75 Å². The van der Waals surface area contributed by atoms with Crippen molar-refractivity contribution >= 4 is 23.2 Å². The summed E-state index contributed by atoms with van der Waals surface area (Å²) in [7, 11) is 1.56. The van der Waals surface area contributed by atoms with Crippen LogP contribution in [0.15, 0.2) is 47.2 Å². The third-order valence-corrected chi connectivity index (χ3v) is 4.52. The highest BCUT2D eigenvalue weighted by Crippen LogP contribution is 2.37. The molecule has 4 rings (SSSR count). The van der Waals surface area contributed by atoms with E-state index < -0.39 is 0 Å². The molecule has 1 atom stereocenters. The molecule has 8 heteroatoms. The minimum Gasteiger partial charge on any atom is -0.495 e. The van der Waals surface area contributed by atoms with Crippen molar-refractivity contribution in [1.82, 2.24) is 15.1 Å². The summed E-state index contributed by atoms with van der Waals surface area (Å²) in [6, 6.07) is 8.79. The van der Waals surface area contributed by atoms with Crippen LogP contribution in [-0.4, -0.2) is 34.7 Å². The Labute approximate surface area is 154 Å². The van der Waals surface area contributed by atoms with Gasteiger partial charge in [-0.3, -0.25) is 9.78 Å². The number of nitrogens with zero attached hydrogens (tertiary/aromatic N) is 4. The van der Waals surface area contributed by atoms with Gasteiger partial charge in [0.05, 0.1) is 18.7 Å². The van der Waals surface area contributed by atoms with Crippen molar-refractivity contribution in [2.45, 2.75) is 12.3 Å². The van der Waals surface area contributed by atoms with Gasteiger partial charge in [-0.25, -0.2) is 0 Å². The van der Waals surface area contributed by atoms with Crippen LogP contribution in [-0.2, 0) is 4.79 Å². The summed E-state index contributed by atoms with van der Waals surface area (Å²) in [5.41, 5.74) is 1.45. The zero-order chi connectivity index (χ0) is 18.1. The molecule has 0 aliphatic carbocycles. The van der Waals surface area contributed by atoms with Crippen molar-refractivity contribution in [3.63, 3.8) is 0 Å². The van der Waals surface area contributed by atoms with Crippen molar-refractivity contribution in [2.24, 2.45) is 0 Å². The van der Waals surface area contributed by atoms with Crippen molar-refractivity contribution < 1.29 is 14.1 Å². The molecule has 132 valence electrons. The molecule has 1 amide bonds. The number of carbonyl (C=O) groups is 1. The fourth-order valence-corrected chi connectivity index (χ4v) is 3.17. The van der Waals surface area contributed by atoms with Gasteiger partial charge in [0.1, 0.15) is 5.75 Å². The van der Waals surface area contributed by atoms with Crippen LogP contribution >= 0.6 is 11.6 Å². The molecule has 1 fully saturated rings. The van der Waals surface area contributed by atoms with Crippen LogP contribution in [0.3, 0.4) is 0 Å². The fourth-order valence-electron chi connectivity index (χ4n) is 3.00. The molecule has 1 aromatic carbocycles. The summed E-state index contributed by atoms with van der Waals surface area (Å²) in [6.07, 6.45) is 3.61. The van der Waals surface area contributed by atoms with E-state index in [0.29, 0.717) is 34.7 Å². The monoisotopic (exact) mass is 370 g/mol. The number of methoxy groups -OCH3 is 1. The number of aromatic nitrogens is 3. The Morgan fingerprint density at radius 3 is 2.85 bits per heavy atom. The van der Waals surface area contributed by atoms with Crippen molar-refractivity contribution in [2.75, 3.05) is 18.6 Å². The lowest BCUT2D eigenvalue weighted by molar-refractivity contribution is -0.117. The number of hydrogen-bond donors (Lipinski definition) is 0. The third kappa shape index (κ3) is 3.01. The van der Waals surface area contributed by atoms with Crippen molar-refractivity contribution in [3.05, 3.63) is 53.6 Å². The molecule has 7 nitrogen and oxygen atoms in total. The summed E-state index contributed by atoms with van der Waals surface area (Å²) in [6.45, 7) is 0.424. The first-order valence-electron chi connectivity index (χ1n) is 8.03. The normalized spacial score (nSPS) is 16.9. The Morgan fingerprint density at radius 2 is 2.08 bits per heavy atom. The molecule has 0 bridgehead atoms. The maximum atomic E-state index is 12.5. The van der Waals surface area contributed by atoms with Gasteiger partial charge in [0.25, 0.3) is 0 Å². The number of amides is 1. The van der Waals surface area contributed by atoms with E-state index in [2.05, 4.69) is 15.1 Å². The molecular weight excluding hydrogens is 356 g/mol. The number of ether oxygens (including phenoxy) is 1. The summed E-state index contributed by atoms with van der Waals surface area (Å²) in [4.78, 5) is 22.6. The van der Waals surface area contributed by atoms with E-state index in [0.717, 1.165) is 5.56 Å². The Morgan fingerprint density at radius 1 is 1.27 bits per heavy atom. The predicted octanol–water partition coefficient (Wildman–Crippen LogP) is 3.31. The first kappa shape index (κ1) is 16.5. The van der Waals surface area contributed by atoms with Crippen LogP contribution in [0, 0.1) is 0 Å². The second kappa shape index (κ2) is 6.76. The second-order valence-corrected chi connectivity index (χ2v) is 6.35. The van der Waals surface area contributed by atoms with Gasteiger partial charge in [0.2, 0.25) is 17.6 Å². The summed E-state index contributed by atoms with van der Waals surface area (Å²) >= 11 is 6.09. The van der Waals surface area contributed by atoms with E-state index >= 15 is 0 Å². The average molecular weight is 371 g/mol. The molecule has 0 radical (unpaired) electrons. The maximum Gasteiger partial charge on any atom is 0.232 e. The van der Waals surface area contributed by atoms with E-state index in [1.807, 2.05) is 0 Å². The summed E-state index contributed by atoms with van der Waals surface area (Å²) in [5, 5.41) is 4.55. The highest BCUT2D eigenvalue weighted by atomic mass is 35.5. The van der Waals surface area contributed by atoms with Gasteiger partial charge < -0.3 is 14.2 Å². The van der Waals surface area contributed by atoms with Gasteiger partial charge in [-0.05, 0) is 30.3 Å². The van der Waals surface area contributed by atoms with E-state index in [9.17, 15) is 4.79 Å². The van der Waals surface area contributed by atoms with Crippen molar-refractivity contribution in [1.29, 1.82) is 0 Å². The van der Waals surface area contributed by atoms with Crippen LogP contribution < -0.4 is 9.64 Å². The van der Waals surface area contributed by atoms with Crippen LogP contribution in [0.2, 0.25) is 5.02 Å². The number of carbonyl (C=O) groups excluding carboxylic acids is 1. The second-order valence-electron chi connectivity index (χ2n) is 5.91. The Hall–Kier alpha value is -2.93. The zero-order valence-corrected chi connectivity index (χ0v) is 14.7. The molecule has 1 saturated heterocycles. The van der Waals surface area contributed by atoms with Gasteiger partial charge in [0.15, 0.2) is 0 Å². The third-order valence-electron chi connectivity index (χ3n) is 4.29. The number of benzene rings is 1. The Bertz CT molecular complexity index is 945. The maximum absolute atomic E-state index is 12.5. The van der Waals surface area contributed by atoms with Gasteiger partial charge in [-0.2, -0.15) is 4.98 Å². The first-order valence-corrected chi connectivity index (χ1v) is 8.41. The molecule has 0 spiro atoms. The summed E-state index contributed by atoms with van der Waals surface area (Å²) < 4.78 is 10.8. The number of rotatable bonds is 4. The smallest absolute Gasteiger partial charge is 0.232 e. The highest BCUT2D eigenvalue weighted by Gasteiger charge is 2.36. The lowest BCUT2D eigenvalue weighted by Crippen LogP contribution is -2.24. The molecule has 3 heterocycles. The topological polar surface area (TPSA) is 81.3 Å². The molecule has 1 aliphatic heterocycles. The molecular formula is C18H15ClN4O3. The highest BCUT2D eigenvalue weighted by molar-refractivity contribution is 6.31. The van der Waals surface area contributed by atoms with Gasteiger partial charge >= 0.3 is 0 Å². The Balaban J connectivity index is 1.59. The number of halogens is 1. The SMILES string of the molecule is COc1ccc(Cl)cc1N1C[C@H](c2nc(-c3ccncc3)no2)CC1=O. The minimum absolute atomic E-state index is 0.0424. The quantitative estimate of drug-likeness (QED) is 0.700. The van der Waals surface area contributed by atoms with E-state index in [1.165, 1.54) is 0 Å². The molecule has 0 N–H and O–H groups in total. The number of anilines is 1. The lowest BCUT2D eigenvalue weighted by Gasteiger charge is -2.19. The summed E-state index contributed by atoms with van der Waals surface area (Å²) in [5.74, 6) is 1.28. The van der Waals surface area contributed by atoms with Crippen molar-refractivity contribution in [3.8, 4) is 17.1 Å². The van der Waals surface area contributed by atoms with Crippen LogP contribution in [0.4, 0.5) is 5.69 Å². The molecule has 26 heavy (non-hydrogen) atoms. The van der Waals surface area contributed by atoms with E-state index in [-0.39, 0.29) is 18.2 Å². The van der Waals surface area contributed by atoms with E-state index in [1.54, 1.807) is 54.7 Å². The fraction of sp³-hybridized carbons (Fsp3) is 0.222. The standard InChI is InChI=1S/C18H15ClN4O3/c1-25-15-3-2-13(19)9-14(15)23-10-12(8-16(23)24)18-21-17(22-26-18)11-4-6-20-7-5-11/h2-7,9,12H,8,10H2,1H3/t12-/m1/s1. The molecule has 0 saturated carbocycles. The predicted molar refractivity (Wildman–Crippen MR) is 95.2 cm³/mol. The van der Waals surface area contributed by atoms with Crippen LogP contribution in [0.25, 0.3) is 11.4 Å². The number of hydrogen-bond acceptors (Lipinski definition) is 6. The van der Waals surface area contributed by atoms with Gasteiger partial charge in [-0.1, -0.05) is 16.8 Å². The van der Waals surface area contributed by atoms with Gasteiger partial charge in [0, 0.05) is 35.9 Å². The number of pyridine rings is 1. The minimum atomic E-state index is -0.186. The van der Waals surface area contributed by atoms with E-state index in [4.69, 9.17) is 20.9 Å². The Kier molecular flexibility index (Phi) is 4.30. The average Bonchev–Trinajstić information content (AvgIpc) is 3.29. The molecule has 1 aliphatic rings. The molecule has 0 unspecified atom stereocenters. The zero-order valence-electron chi connectivity index (χ0n) is 13.9. The lowest BCUT2D eigenvalue weighted by atomic mass is 10.1. The van der Waals surface area contributed by atoms with Gasteiger partial charge in [-0.15, -0.1) is 0 Å².